The Morgan fingerprint density at radius 3 is 2.75 bits per heavy atom. The van der Waals surface area contributed by atoms with Gasteiger partial charge in [-0.3, -0.25) is 4.79 Å². The van der Waals surface area contributed by atoms with Crippen molar-refractivity contribution in [1.29, 1.82) is 5.26 Å². The van der Waals surface area contributed by atoms with Gasteiger partial charge in [-0.1, -0.05) is 0 Å². The molecular weight excluding hydrogens is 204 g/mol. The first-order valence-corrected chi connectivity index (χ1v) is 4.90. The van der Waals surface area contributed by atoms with Gasteiger partial charge in [0, 0.05) is 5.56 Å². The lowest BCUT2D eigenvalue weighted by atomic mass is 10.0. The minimum absolute atomic E-state index is 0.0373. The number of carbonyl (C=O) groups is 1. The maximum absolute atomic E-state index is 11.7. The van der Waals surface area contributed by atoms with Gasteiger partial charge in [-0.25, -0.2) is 0 Å². The Labute approximate surface area is 94.8 Å². The summed E-state index contributed by atoms with van der Waals surface area (Å²) in [6.45, 7) is 2.08. The van der Waals surface area contributed by atoms with Crippen LogP contribution in [0.1, 0.15) is 21.5 Å². The molecule has 0 bridgehead atoms. The fraction of sp³-hybridized carbons (Fsp3) is 0.333. The summed E-state index contributed by atoms with van der Waals surface area (Å²) < 4.78 is 5.11. The Kier molecular flexibility index (Phi) is 4.03. The lowest BCUT2D eigenvalue weighted by molar-refractivity contribution is 0.0993. The van der Waals surface area contributed by atoms with Crippen molar-refractivity contribution in [3.63, 3.8) is 0 Å². The van der Waals surface area contributed by atoms with Crippen LogP contribution in [0.2, 0.25) is 0 Å². The highest BCUT2D eigenvalue weighted by atomic mass is 16.5. The quantitative estimate of drug-likeness (QED) is 0.773. The first kappa shape index (κ1) is 12.2. The van der Waals surface area contributed by atoms with Crippen LogP contribution in [0.25, 0.3) is 0 Å². The molecule has 0 radical (unpaired) electrons. The molecular formula is C12H14N2O2. The van der Waals surface area contributed by atoms with Gasteiger partial charge in [-0.05, 0) is 31.7 Å². The third-order valence-corrected chi connectivity index (χ3v) is 2.26. The summed E-state index contributed by atoms with van der Waals surface area (Å²) in [6, 6.07) is 5.32. The van der Waals surface area contributed by atoms with Gasteiger partial charge in [0.2, 0.25) is 0 Å². The van der Waals surface area contributed by atoms with Crippen LogP contribution < -0.4 is 10.1 Å². The molecule has 0 fully saturated rings. The first-order chi connectivity index (χ1) is 7.63. The molecule has 0 unspecified atom stereocenters. The van der Waals surface area contributed by atoms with Gasteiger partial charge in [-0.2, -0.15) is 5.26 Å². The van der Waals surface area contributed by atoms with E-state index in [4.69, 9.17) is 10.00 Å². The van der Waals surface area contributed by atoms with Crippen molar-refractivity contribution in [3.05, 3.63) is 28.8 Å². The zero-order valence-electron chi connectivity index (χ0n) is 9.63. The Bertz CT molecular complexity index is 447. The number of nitrogens with zero attached hydrogens (tertiary/aromatic N) is 1. The average molecular weight is 218 g/mol. The molecule has 1 aromatic rings. The predicted octanol–water partition coefficient (Wildman–Crippen LogP) is 1.28. The molecule has 0 saturated heterocycles. The maximum Gasteiger partial charge on any atom is 0.176 e. The van der Waals surface area contributed by atoms with E-state index < -0.39 is 0 Å². The number of aryl methyl sites for hydroxylation is 1. The van der Waals surface area contributed by atoms with Crippen molar-refractivity contribution in [2.75, 3.05) is 20.7 Å². The highest BCUT2D eigenvalue weighted by Crippen LogP contribution is 2.24. The van der Waals surface area contributed by atoms with E-state index in [-0.39, 0.29) is 12.3 Å². The Balaban J connectivity index is 3.21. The largest absolute Gasteiger partial charge is 0.495 e. The van der Waals surface area contributed by atoms with E-state index in [1.807, 2.05) is 13.0 Å². The number of methoxy groups -OCH3 is 1. The zero-order valence-corrected chi connectivity index (χ0v) is 9.63. The normalized spacial score (nSPS) is 9.62. The minimum Gasteiger partial charge on any atom is -0.495 e. The standard InChI is InChI=1S/C12H14N2O2/c1-8-4-9(11(15)7-14-2)5-10(6-13)12(8)16-3/h4-5,14H,7H2,1-3H3. The van der Waals surface area contributed by atoms with Crippen LogP contribution in [-0.2, 0) is 0 Å². The minimum atomic E-state index is -0.0373. The van der Waals surface area contributed by atoms with Gasteiger partial charge >= 0.3 is 0 Å². The highest BCUT2D eigenvalue weighted by Gasteiger charge is 2.12. The maximum atomic E-state index is 11.7. The van der Waals surface area contributed by atoms with E-state index in [1.165, 1.54) is 7.11 Å². The van der Waals surface area contributed by atoms with Crippen LogP contribution in [0, 0.1) is 18.3 Å². The van der Waals surface area contributed by atoms with Crippen LogP contribution in [0.15, 0.2) is 12.1 Å². The van der Waals surface area contributed by atoms with Gasteiger partial charge in [0.05, 0.1) is 19.2 Å². The van der Waals surface area contributed by atoms with E-state index in [0.29, 0.717) is 16.9 Å². The summed E-state index contributed by atoms with van der Waals surface area (Å²) in [5.41, 5.74) is 1.71. The Morgan fingerprint density at radius 2 is 2.25 bits per heavy atom. The summed E-state index contributed by atoms with van der Waals surface area (Å²) in [4.78, 5) is 11.7. The number of hydrogen-bond donors (Lipinski definition) is 1. The molecule has 0 atom stereocenters. The van der Waals surface area contributed by atoms with Gasteiger partial charge in [0.1, 0.15) is 11.8 Å². The first-order valence-electron chi connectivity index (χ1n) is 4.90. The molecule has 0 heterocycles. The number of ether oxygens (including phenoxy) is 1. The molecule has 0 amide bonds. The van der Waals surface area contributed by atoms with Crippen LogP contribution in [0.3, 0.4) is 0 Å². The molecule has 0 aliphatic heterocycles. The second-order valence-electron chi connectivity index (χ2n) is 3.44. The van der Waals surface area contributed by atoms with E-state index in [9.17, 15) is 4.79 Å². The summed E-state index contributed by atoms with van der Waals surface area (Å²) in [5, 5.41) is 11.7. The van der Waals surface area contributed by atoms with E-state index in [2.05, 4.69) is 5.32 Å². The SMILES string of the molecule is CNCC(=O)c1cc(C)c(OC)c(C#N)c1. The molecule has 16 heavy (non-hydrogen) atoms. The Morgan fingerprint density at radius 1 is 1.56 bits per heavy atom. The van der Waals surface area contributed by atoms with Crippen LogP contribution in [0.5, 0.6) is 5.75 Å². The molecule has 0 aliphatic rings. The van der Waals surface area contributed by atoms with Crippen molar-refractivity contribution >= 4 is 5.78 Å². The number of rotatable bonds is 4. The Hall–Kier alpha value is -1.86. The summed E-state index contributed by atoms with van der Waals surface area (Å²) >= 11 is 0. The molecule has 4 heteroatoms. The lowest BCUT2D eigenvalue weighted by Crippen LogP contribution is -2.18. The number of hydrogen-bond acceptors (Lipinski definition) is 4. The van der Waals surface area contributed by atoms with Crippen molar-refractivity contribution in [1.82, 2.24) is 5.32 Å². The van der Waals surface area contributed by atoms with Crippen molar-refractivity contribution in [3.8, 4) is 11.8 Å². The fourth-order valence-electron chi connectivity index (χ4n) is 1.55. The fourth-order valence-corrected chi connectivity index (χ4v) is 1.55. The van der Waals surface area contributed by atoms with Gasteiger partial charge in [0.25, 0.3) is 0 Å². The zero-order chi connectivity index (χ0) is 12.1. The summed E-state index contributed by atoms with van der Waals surface area (Å²) in [5.74, 6) is 0.494. The number of benzene rings is 1. The van der Waals surface area contributed by atoms with Gasteiger partial charge < -0.3 is 10.1 Å². The third-order valence-electron chi connectivity index (χ3n) is 2.26. The molecule has 0 aromatic heterocycles. The topological polar surface area (TPSA) is 62.1 Å². The van der Waals surface area contributed by atoms with Crippen molar-refractivity contribution in [2.45, 2.75) is 6.92 Å². The predicted molar refractivity (Wildman–Crippen MR) is 60.7 cm³/mol. The van der Waals surface area contributed by atoms with Crippen molar-refractivity contribution in [2.24, 2.45) is 0 Å². The number of Topliss-reactive ketones (excluding diaryl/α,β-unsaturated/α-hetero) is 1. The van der Waals surface area contributed by atoms with Crippen molar-refractivity contribution < 1.29 is 9.53 Å². The van der Waals surface area contributed by atoms with E-state index in [1.54, 1.807) is 19.2 Å². The molecule has 0 saturated carbocycles. The highest BCUT2D eigenvalue weighted by molar-refractivity contribution is 5.98. The summed E-state index contributed by atoms with van der Waals surface area (Å²) in [6.07, 6.45) is 0. The van der Waals surface area contributed by atoms with Gasteiger partial charge in [-0.15, -0.1) is 0 Å². The van der Waals surface area contributed by atoms with E-state index >= 15 is 0 Å². The van der Waals surface area contributed by atoms with E-state index in [0.717, 1.165) is 5.56 Å². The van der Waals surface area contributed by atoms with Crippen LogP contribution in [-0.4, -0.2) is 26.5 Å². The number of carbonyl (C=O) groups excluding carboxylic acids is 1. The molecule has 1 N–H and O–H groups in total. The number of ketones is 1. The monoisotopic (exact) mass is 218 g/mol. The second-order valence-corrected chi connectivity index (χ2v) is 3.44. The van der Waals surface area contributed by atoms with Crippen LogP contribution >= 0.6 is 0 Å². The van der Waals surface area contributed by atoms with Crippen LogP contribution in [0.4, 0.5) is 0 Å². The molecule has 0 aliphatic carbocycles. The third kappa shape index (κ3) is 2.38. The number of likely N-dealkylation sites (N-methyl/N-ethyl adjacent to an activating group) is 1. The number of nitriles is 1. The van der Waals surface area contributed by atoms with Gasteiger partial charge in [0.15, 0.2) is 5.78 Å². The second kappa shape index (κ2) is 5.29. The lowest BCUT2D eigenvalue weighted by Gasteiger charge is -2.09. The molecule has 84 valence electrons. The molecule has 1 rings (SSSR count). The average Bonchev–Trinajstić information content (AvgIpc) is 2.28. The number of nitrogens with one attached hydrogen (secondary N) is 1. The smallest absolute Gasteiger partial charge is 0.176 e. The molecule has 0 spiro atoms. The molecule has 4 nitrogen and oxygen atoms in total. The molecule has 1 aromatic carbocycles. The summed E-state index contributed by atoms with van der Waals surface area (Å²) in [7, 11) is 3.22.